The van der Waals surface area contributed by atoms with E-state index >= 15 is 0 Å². The van der Waals surface area contributed by atoms with Crippen LogP contribution in [0.5, 0.6) is 0 Å². The fourth-order valence-electron chi connectivity index (χ4n) is 2.55. The summed E-state index contributed by atoms with van der Waals surface area (Å²) in [6.45, 7) is 1.98. The molecular weight excluding hydrogens is 298 g/mol. The first-order valence-corrected chi connectivity index (χ1v) is 8.86. The summed E-state index contributed by atoms with van der Waals surface area (Å²) in [5, 5.41) is 9.43. The van der Waals surface area contributed by atoms with E-state index in [2.05, 4.69) is 6.07 Å². The van der Waals surface area contributed by atoms with Gasteiger partial charge >= 0.3 is 0 Å². The maximum Gasteiger partial charge on any atom is 0.194 e. The zero-order valence-electron chi connectivity index (χ0n) is 11.8. The molecular formula is C17H15NOS2. The van der Waals surface area contributed by atoms with Gasteiger partial charge in [-0.05, 0) is 36.3 Å². The quantitative estimate of drug-likeness (QED) is 0.792. The summed E-state index contributed by atoms with van der Waals surface area (Å²) in [5.74, 6) is 1.35. The Morgan fingerprint density at radius 3 is 2.95 bits per heavy atom. The third-order valence-corrected chi connectivity index (χ3v) is 5.90. The minimum Gasteiger partial charge on any atom is -0.291 e. The van der Waals surface area contributed by atoms with E-state index in [4.69, 9.17) is 0 Å². The second-order valence-corrected chi connectivity index (χ2v) is 7.44. The molecule has 21 heavy (non-hydrogen) atoms. The largest absolute Gasteiger partial charge is 0.291 e. The molecule has 0 radical (unpaired) electrons. The van der Waals surface area contributed by atoms with Gasteiger partial charge in [0.2, 0.25) is 0 Å². The molecule has 1 aromatic carbocycles. The van der Waals surface area contributed by atoms with Crippen LogP contribution in [-0.4, -0.2) is 11.5 Å². The van der Waals surface area contributed by atoms with Gasteiger partial charge in [0.05, 0.1) is 10.9 Å². The number of thioether (sulfide) groups is 1. The number of thiophene rings is 1. The van der Waals surface area contributed by atoms with Crippen LogP contribution in [0.1, 0.15) is 37.2 Å². The summed E-state index contributed by atoms with van der Waals surface area (Å²) in [4.78, 5) is 14.7. The van der Waals surface area contributed by atoms with Crippen LogP contribution < -0.4 is 0 Å². The number of hydrogen-bond donors (Lipinski definition) is 0. The molecule has 1 unspecified atom stereocenters. The van der Waals surface area contributed by atoms with Gasteiger partial charge in [-0.2, -0.15) is 17.0 Å². The molecule has 0 saturated carbocycles. The SMILES string of the molecule is Cc1cccc(C(C#N)C(=O)c2cc3c(s2)CCSC3)c1. The Kier molecular flexibility index (Phi) is 4.14. The highest BCUT2D eigenvalue weighted by Crippen LogP contribution is 2.34. The molecule has 2 aromatic rings. The van der Waals surface area contributed by atoms with Crippen LogP contribution >= 0.6 is 23.1 Å². The summed E-state index contributed by atoms with van der Waals surface area (Å²) < 4.78 is 0. The lowest BCUT2D eigenvalue weighted by atomic mass is 9.94. The van der Waals surface area contributed by atoms with Gasteiger partial charge in [0.25, 0.3) is 0 Å². The van der Waals surface area contributed by atoms with E-state index in [9.17, 15) is 10.1 Å². The van der Waals surface area contributed by atoms with Gasteiger partial charge in [0.1, 0.15) is 5.92 Å². The number of hydrogen-bond acceptors (Lipinski definition) is 4. The smallest absolute Gasteiger partial charge is 0.194 e. The van der Waals surface area contributed by atoms with Crippen LogP contribution in [0, 0.1) is 18.3 Å². The van der Waals surface area contributed by atoms with E-state index in [0.717, 1.165) is 33.9 Å². The van der Waals surface area contributed by atoms with Crippen molar-refractivity contribution >= 4 is 28.9 Å². The maximum absolute atomic E-state index is 12.7. The number of carbonyl (C=O) groups is 1. The van der Waals surface area contributed by atoms with Crippen molar-refractivity contribution in [2.24, 2.45) is 0 Å². The van der Waals surface area contributed by atoms with Gasteiger partial charge in [-0.15, -0.1) is 11.3 Å². The van der Waals surface area contributed by atoms with Crippen LogP contribution in [0.3, 0.4) is 0 Å². The molecule has 2 heterocycles. The predicted octanol–water partition coefficient (Wildman–Crippen LogP) is 4.34. The van der Waals surface area contributed by atoms with Crippen LogP contribution in [0.2, 0.25) is 0 Å². The number of nitriles is 1. The third-order valence-electron chi connectivity index (χ3n) is 3.64. The van der Waals surface area contributed by atoms with Crippen molar-refractivity contribution in [3.8, 4) is 6.07 Å². The van der Waals surface area contributed by atoms with Gasteiger partial charge in [-0.3, -0.25) is 4.79 Å². The summed E-state index contributed by atoms with van der Waals surface area (Å²) in [7, 11) is 0. The average molecular weight is 313 g/mol. The minimum absolute atomic E-state index is 0.0625. The molecule has 1 aliphatic heterocycles. The zero-order valence-corrected chi connectivity index (χ0v) is 13.4. The first kappa shape index (κ1) is 14.4. The number of nitrogens with zero attached hydrogens (tertiary/aromatic N) is 1. The Labute approximate surface area is 132 Å². The standard InChI is InChI=1S/C17H15NOS2/c1-11-3-2-4-12(7-11)14(9-18)17(19)16-8-13-10-20-6-5-15(13)21-16/h2-4,7-8,14H,5-6,10H2,1H3. The number of carbonyl (C=O) groups excluding carboxylic acids is 1. The first-order valence-electron chi connectivity index (χ1n) is 6.89. The lowest BCUT2D eigenvalue weighted by Gasteiger charge is -2.08. The van der Waals surface area contributed by atoms with Crippen molar-refractivity contribution < 1.29 is 4.79 Å². The first-order chi connectivity index (χ1) is 10.2. The van der Waals surface area contributed by atoms with E-state index in [1.807, 2.05) is 49.0 Å². The zero-order chi connectivity index (χ0) is 14.8. The summed E-state index contributed by atoms with van der Waals surface area (Å²) in [6, 6.07) is 11.8. The van der Waals surface area contributed by atoms with Crippen LogP contribution in [0.15, 0.2) is 30.3 Å². The molecule has 2 nitrogen and oxygen atoms in total. The summed E-state index contributed by atoms with van der Waals surface area (Å²) in [5.41, 5.74) is 3.14. The maximum atomic E-state index is 12.7. The van der Waals surface area contributed by atoms with Gasteiger partial charge in [-0.1, -0.05) is 29.8 Å². The lowest BCUT2D eigenvalue weighted by Crippen LogP contribution is -2.10. The van der Waals surface area contributed by atoms with Crippen LogP contribution in [0.25, 0.3) is 0 Å². The van der Waals surface area contributed by atoms with Gasteiger partial charge in [0.15, 0.2) is 5.78 Å². The van der Waals surface area contributed by atoms with Crippen molar-refractivity contribution in [2.75, 3.05) is 5.75 Å². The van der Waals surface area contributed by atoms with E-state index in [1.165, 1.54) is 10.4 Å². The number of ketones is 1. The van der Waals surface area contributed by atoms with E-state index in [0.29, 0.717) is 0 Å². The minimum atomic E-state index is -0.697. The number of fused-ring (bicyclic) bond motifs is 1. The Hall–Kier alpha value is -1.57. The Morgan fingerprint density at radius 1 is 1.38 bits per heavy atom. The number of benzene rings is 1. The highest BCUT2D eigenvalue weighted by molar-refractivity contribution is 7.98. The fourth-order valence-corrected chi connectivity index (χ4v) is 4.89. The fraction of sp³-hybridized carbons (Fsp3) is 0.294. The van der Waals surface area contributed by atoms with Crippen molar-refractivity contribution in [3.63, 3.8) is 0 Å². The van der Waals surface area contributed by atoms with E-state index in [1.54, 1.807) is 11.3 Å². The van der Waals surface area contributed by atoms with Crippen LogP contribution in [0.4, 0.5) is 0 Å². The highest BCUT2D eigenvalue weighted by Gasteiger charge is 2.25. The Balaban J connectivity index is 1.92. The van der Waals surface area contributed by atoms with Crippen molar-refractivity contribution in [3.05, 3.63) is 56.8 Å². The summed E-state index contributed by atoms with van der Waals surface area (Å²) in [6.07, 6.45) is 1.04. The van der Waals surface area contributed by atoms with E-state index in [-0.39, 0.29) is 5.78 Å². The molecule has 0 bridgehead atoms. The molecule has 4 heteroatoms. The van der Waals surface area contributed by atoms with Crippen LogP contribution in [-0.2, 0) is 12.2 Å². The molecule has 0 saturated heterocycles. The van der Waals surface area contributed by atoms with Crippen molar-refractivity contribution in [1.29, 1.82) is 5.26 Å². The predicted molar refractivity (Wildman–Crippen MR) is 88.0 cm³/mol. The topological polar surface area (TPSA) is 40.9 Å². The lowest BCUT2D eigenvalue weighted by molar-refractivity contribution is 0.0982. The molecule has 106 valence electrons. The molecule has 1 aliphatic rings. The van der Waals surface area contributed by atoms with Gasteiger partial charge in [0, 0.05) is 10.6 Å². The van der Waals surface area contributed by atoms with Crippen molar-refractivity contribution in [1.82, 2.24) is 0 Å². The Bertz CT molecular complexity index is 703. The normalized spacial score (nSPS) is 15.0. The molecule has 0 spiro atoms. The molecule has 0 aliphatic carbocycles. The Morgan fingerprint density at radius 2 is 2.24 bits per heavy atom. The average Bonchev–Trinajstić information content (AvgIpc) is 2.92. The molecule has 3 rings (SSSR count). The number of rotatable bonds is 3. The number of aryl methyl sites for hydroxylation is 2. The highest BCUT2D eigenvalue weighted by atomic mass is 32.2. The molecule has 0 amide bonds. The molecule has 1 atom stereocenters. The molecule has 0 N–H and O–H groups in total. The number of Topliss-reactive ketones (excluding diaryl/α,β-unsaturated/α-hetero) is 1. The molecule has 1 aromatic heterocycles. The van der Waals surface area contributed by atoms with Gasteiger partial charge in [-0.25, -0.2) is 0 Å². The van der Waals surface area contributed by atoms with Gasteiger partial charge < -0.3 is 0 Å². The molecule has 0 fully saturated rings. The second kappa shape index (κ2) is 6.05. The van der Waals surface area contributed by atoms with Crippen molar-refractivity contribution in [2.45, 2.75) is 25.0 Å². The summed E-state index contributed by atoms with van der Waals surface area (Å²) >= 11 is 3.48. The third kappa shape index (κ3) is 2.90. The van der Waals surface area contributed by atoms with E-state index < -0.39 is 5.92 Å². The monoisotopic (exact) mass is 313 g/mol. The second-order valence-electron chi connectivity index (χ2n) is 5.20.